The van der Waals surface area contributed by atoms with Gasteiger partial charge in [0, 0.05) is 58.9 Å². The summed E-state index contributed by atoms with van der Waals surface area (Å²) in [6, 6.07) is 21.6. The van der Waals surface area contributed by atoms with Crippen LogP contribution in [0.15, 0.2) is 115 Å². The fraction of sp³-hybridized carbons (Fsp3) is 0.268. The Morgan fingerprint density at radius 3 is 2.55 bits per heavy atom. The predicted octanol–water partition coefficient (Wildman–Crippen LogP) is 8.79. The van der Waals surface area contributed by atoms with Gasteiger partial charge in [0.05, 0.1) is 35.4 Å². The van der Waals surface area contributed by atoms with Crippen molar-refractivity contribution in [1.82, 2.24) is 19.5 Å². The van der Waals surface area contributed by atoms with Gasteiger partial charge in [-0.3, -0.25) is 9.78 Å². The molecule has 5 unspecified atom stereocenters. The molecule has 1 fully saturated rings. The molecule has 5 atom stereocenters. The van der Waals surface area contributed by atoms with Gasteiger partial charge in [-0.25, -0.2) is 9.97 Å². The third-order valence-electron chi connectivity index (χ3n) is 11.1. The largest absolute Gasteiger partial charge is 0.373 e. The average molecular weight is 715 g/mol. The number of nitrogens with zero attached hydrogens (tertiary/aromatic N) is 5. The molecule has 0 saturated carbocycles. The standard InChI is InChI=1S/C41H37Cl2N7O/c1-24-20-28(42)9-10-30(24)38-31-21-29(43)22-33-34(31)35(39-36(46-23-50(38)39)27-6-3-2-4-7-27)37(47-33)41(51)48-32-8-5-15-45-40(32)49-18-13-26(14-19-49)25-11-16-44-17-12-25/h2-12,15-17,20-24,26,30,35,37-38,47H,13-14,18-19H2,1H3,(H,48,51). The Morgan fingerprint density at radius 2 is 1.76 bits per heavy atom. The summed E-state index contributed by atoms with van der Waals surface area (Å²) in [4.78, 5) is 31.0. The number of carbonyl (C=O) groups excluding carboxylic acids is 1. The highest BCUT2D eigenvalue weighted by Crippen LogP contribution is 2.55. The molecule has 1 saturated heterocycles. The third kappa shape index (κ3) is 5.61. The number of pyridine rings is 2. The first-order valence-electron chi connectivity index (χ1n) is 17.6. The number of carbonyl (C=O) groups is 1. The number of nitrogens with one attached hydrogen (secondary N) is 2. The Balaban J connectivity index is 1.08. The molecule has 2 aromatic carbocycles. The Kier molecular flexibility index (Phi) is 8.16. The van der Waals surface area contributed by atoms with E-state index in [1.54, 1.807) is 6.20 Å². The summed E-state index contributed by atoms with van der Waals surface area (Å²) in [5.41, 5.74) is 8.00. The number of allylic oxidation sites excluding steroid dienone is 4. The van der Waals surface area contributed by atoms with Crippen molar-refractivity contribution in [2.24, 2.45) is 11.8 Å². The quantitative estimate of drug-likeness (QED) is 0.183. The zero-order valence-corrected chi connectivity index (χ0v) is 29.6. The van der Waals surface area contributed by atoms with Gasteiger partial charge in [0.15, 0.2) is 5.82 Å². The van der Waals surface area contributed by atoms with Gasteiger partial charge in [-0.2, -0.15) is 0 Å². The molecule has 256 valence electrons. The summed E-state index contributed by atoms with van der Waals surface area (Å²) < 4.78 is 2.28. The van der Waals surface area contributed by atoms with Crippen LogP contribution < -0.4 is 15.5 Å². The van der Waals surface area contributed by atoms with Crippen LogP contribution in [0.4, 0.5) is 17.2 Å². The first-order valence-corrected chi connectivity index (χ1v) is 18.4. The number of hydrogen-bond acceptors (Lipinski definition) is 6. The number of aromatic nitrogens is 4. The number of benzene rings is 2. The number of piperidine rings is 1. The van der Waals surface area contributed by atoms with Crippen LogP contribution in [0.3, 0.4) is 0 Å². The molecule has 1 amide bonds. The van der Waals surface area contributed by atoms with Crippen molar-refractivity contribution in [2.75, 3.05) is 28.6 Å². The van der Waals surface area contributed by atoms with E-state index in [0.717, 1.165) is 70.5 Å². The molecule has 4 aliphatic rings. The number of rotatable bonds is 6. The van der Waals surface area contributed by atoms with Crippen molar-refractivity contribution < 1.29 is 4.79 Å². The van der Waals surface area contributed by atoms with Crippen LogP contribution in [-0.4, -0.2) is 44.6 Å². The number of amides is 1. The number of imidazole rings is 1. The first-order chi connectivity index (χ1) is 24.9. The van der Waals surface area contributed by atoms with E-state index < -0.39 is 6.04 Å². The number of anilines is 3. The molecule has 3 aromatic heterocycles. The summed E-state index contributed by atoms with van der Waals surface area (Å²) in [7, 11) is 0. The minimum Gasteiger partial charge on any atom is -0.373 e. The van der Waals surface area contributed by atoms with Crippen molar-refractivity contribution in [2.45, 2.75) is 43.7 Å². The van der Waals surface area contributed by atoms with Crippen molar-refractivity contribution >= 4 is 46.3 Å². The van der Waals surface area contributed by atoms with Gasteiger partial charge in [-0.05, 0) is 83.8 Å². The maximum absolute atomic E-state index is 14.7. The van der Waals surface area contributed by atoms with Gasteiger partial charge in [-0.1, -0.05) is 72.6 Å². The number of halogens is 2. The lowest BCUT2D eigenvalue weighted by Crippen LogP contribution is -2.40. The molecule has 8 nitrogen and oxygen atoms in total. The van der Waals surface area contributed by atoms with Crippen molar-refractivity contribution in [3.63, 3.8) is 0 Å². The van der Waals surface area contributed by atoms with Crippen LogP contribution in [0.1, 0.15) is 60.0 Å². The van der Waals surface area contributed by atoms with Gasteiger partial charge in [0.2, 0.25) is 5.91 Å². The van der Waals surface area contributed by atoms with Crippen molar-refractivity contribution in [1.29, 1.82) is 0 Å². The molecule has 10 heteroatoms. The van der Waals surface area contributed by atoms with Gasteiger partial charge >= 0.3 is 0 Å². The van der Waals surface area contributed by atoms with E-state index in [2.05, 4.69) is 74.5 Å². The highest BCUT2D eigenvalue weighted by Gasteiger charge is 2.49. The Hall–Kier alpha value is -4.92. The molecule has 5 aromatic rings. The first kappa shape index (κ1) is 32.0. The smallest absolute Gasteiger partial charge is 0.248 e. The Bertz CT molecular complexity index is 2180. The molecule has 2 N–H and O–H groups in total. The van der Waals surface area contributed by atoms with Gasteiger partial charge in [0.25, 0.3) is 0 Å². The van der Waals surface area contributed by atoms with Crippen LogP contribution in [0.25, 0.3) is 11.3 Å². The second kappa shape index (κ2) is 13.0. The normalized spacial score (nSPS) is 23.6. The van der Waals surface area contributed by atoms with Crippen LogP contribution >= 0.6 is 23.2 Å². The second-order valence-electron chi connectivity index (χ2n) is 14.0. The molecule has 9 rings (SSSR count). The number of hydrogen-bond donors (Lipinski definition) is 2. The maximum atomic E-state index is 14.7. The zero-order chi connectivity index (χ0) is 34.6. The minimum absolute atomic E-state index is 0.0930. The Morgan fingerprint density at radius 1 is 0.961 bits per heavy atom. The van der Waals surface area contributed by atoms with E-state index in [1.165, 1.54) is 5.56 Å². The summed E-state index contributed by atoms with van der Waals surface area (Å²) in [5.74, 6) is 1.10. The highest BCUT2D eigenvalue weighted by molar-refractivity contribution is 6.31. The van der Waals surface area contributed by atoms with Crippen LogP contribution in [0, 0.1) is 11.8 Å². The molecule has 0 spiro atoms. The van der Waals surface area contributed by atoms with E-state index in [4.69, 9.17) is 33.2 Å². The minimum atomic E-state index is -0.616. The van der Waals surface area contributed by atoms with Crippen LogP contribution in [-0.2, 0) is 4.79 Å². The molecule has 0 radical (unpaired) electrons. The second-order valence-corrected chi connectivity index (χ2v) is 14.9. The predicted molar refractivity (Wildman–Crippen MR) is 204 cm³/mol. The monoisotopic (exact) mass is 713 g/mol. The topological polar surface area (TPSA) is 88.0 Å². The summed E-state index contributed by atoms with van der Waals surface area (Å²) in [6.07, 6.45) is 15.8. The maximum Gasteiger partial charge on any atom is 0.248 e. The molecular weight excluding hydrogens is 677 g/mol. The lowest BCUT2D eigenvalue weighted by molar-refractivity contribution is -0.117. The number of fused-ring (bicyclic) bond motifs is 2. The third-order valence-corrected chi connectivity index (χ3v) is 11.6. The van der Waals surface area contributed by atoms with Gasteiger partial charge < -0.3 is 20.1 Å². The highest BCUT2D eigenvalue weighted by atomic mass is 35.5. The molecule has 1 aliphatic carbocycles. The lowest BCUT2D eigenvalue weighted by Gasteiger charge is -2.39. The van der Waals surface area contributed by atoms with Gasteiger partial charge in [0.1, 0.15) is 6.04 Å². The van der Waals surface area contributed by atoms with Crippen LogP contribution in [0.5, 0.6) is 0 Å². The van der Waals surface area contributed by atoms with E-state index in [-0.39, 0.29) is 29.7 Å². The van der Waals surface area contributed by atoms with Crippen molar-refractivity contribution in [3.8, 4) is 11.3 Å². The van der Waals surface area contributed by atoms with Crippen LogP contribution in [0.2, 0.25) is 5.02 Å². The molecule has 0 bridgehead atoms. The van der Waals surface area contributed by atoms with E-state index in [0.29, 0.717) is 16.6 Å². The van der Waals surface area contributed by atoms with Crippen molar-refractivity contribution in [3.05, 3.63) is 142 Å². The Labute approximate surface area is 307 Å². The van der Waals surface area contributed by atoms with E-state index >= 15 is 0 Å². The fourth-order valence-electron chi connectivity index (χ4n) is 8.75. The summed E-state index contributed by atoms with van der Waals surface area (Å²) in [5, 5.41) is 8.30. The molecule has 51 heavy (non-hydrogen) atoms. The average Bonchev–Trinajstić information content (AvgIpc) is 3.76. The fourth-order valence-corrected chi connectivity index (χ4v) is 9.24. The molecule has 6 heterocycles. The zero-order valence-electron chi connectivity index (χ0n) is 28.1. The van der Waals surface area contributed by atoms with E-state index in [9.17, 15) is 4.79 Å². The molecular formula is C41H37Cl2N7O. The van der Waals surface area contributed by atoms with E-state index in [1.807, 2.05) is 61.2 Å². The summed E-state index contributed by atoms with van der Waals surface area (Å²) >= 11 is 13.3. The molecule has 3 aliphatic heterocycles. The SMILES string of the molecule is CC1C=C(Cl)C=CC1C1c2cc(Cl)cc3c2C(c2c(-c4ccccc4)ncn21)C(C(=O)Nc1cccnc1N1CCC(c2ccncc2)CC1)N3. The lowest BCUT2D eigenvalue weighted by atomic mass is 9.74. The van der Waals surface area contributed by atoms with Gasteiger partial charge in [-0.15, -0.1) is 0 Å². The summed E-state index contributed by atoms with van der Waals surface area (Å²) in [6.45, 7) is 3.89.